The first-order chi connectivity index (χ1) is 9.85. The van der Waals surface area contributed by atoms with E-state index in [-0.39, 0.29) is 0 Å². The highest BCUT2D eigenvalue weighted by atomic mass is 16.5. The lowest BCUT2D eigenvalue weighted by atomic mass is 10.2. The maximum Gasteiger partial charge on any atom is 0.213 e. The van der Waals surface area contributed by atoms with Gasteiger partial charge in [0.25, 0.3) is 0 Å². The zero-order valence-corrected chi connectivity index (χ0v) is 11.5. The summed E-state index contributed by atoms with van der Waals surface area (Å²) in [5.74, 6) is 1.46. The lowest BCUT2D eigenvalue weighted by Crippen LogP contribution is -2.00. The molecule has 0 atom stereocenters. The van der Waals surface area contributed by atoms with Crippen LogP contribution in [-0.4, -0.2) is 15.0 Å². The molecule has 2 heterocycles. The molecule has 0 aliphatic rings. The van der Waals surface area contributed by atoms with Gasteiger partial charge in [-0.05, 0) is 24.6 Å². The molecule has 0 amide bonds. The van der Waals surface area contributed by atoms with E-state index in [4.69, 9.17) is 4.74 Å². The molecule has 20 heavy (non-hydrogen) atoms. The molecule has 2 aromatic heterocycles. The number of benzene rings is 1. The van der Waals surface area contributed by atoms with Gasteiger partial charge in [0.15, 0.2) is 0 Å². The van der Waals surface area contributed by atoms with Gasteiger partial charge in [-0.1, -0.05) is 31.5 Å². The monoisotopic (exact) mass is 267 g/mol. The average molecular weight is 267 g/mol. The highest BCUT2D eigenvalue weighted by Crippen LogP contribution is 2.13. The third-order valence-electron chi connectivity index (χ3n) is 3.08. The Morgan fingerprint density at radius 3 is 2.80 bits per heavy atom. The lowest BCUT2D eigenvalue weighted by Gasteiger charge is -2.04. The van der Waals surface area contributed by atoms with Crippen LogP contribution in [0.15, 0.2) is 42.5 Å². The van der Waals surface area contributed by atoms with E-state index in [2.05, 4.69) is 21.9 Å². The Hall–Kier alpha value is -2.36. The molecule has 0 aliphatic carbocycles. The predicted molar refractivity (Wildman–Crippen MR) is 78.7 cm³/mol. The van der Waals surface area contributed by atoms with Crippen LogP contribution in [0.3, 0.4) is 0 Å². The molecule has 102 valence electrons. The average Bonchev–Trinajstić information content (AvgIpc) is 2.89. The van der Waals surface area contributed by atoms with Gasteiger partial charge in [-0.2, -0.15) is 0 Å². The number of imidazole rings is 1. The van der Waals surface area contributed by atoms with Crippen molar-refractivity contribution in [2.75, 3.05) is 0 Å². The van der Waals surface area contributed by atoms with Gasteiger partial charge < -0.3 is 9.72 Å². The standard InChI is InChI=1S/C16H17N3O/c1-2-6-12-7-5-10-16(17-12)20-11-15-18-13-8-3-4-9-14(13)19-15/h3-5,7-10H,2,6,11H2,1H3,(H,18,19). The SMILES string of the molecule is CCCc1cccc(OCc2nc3ccccc3[nH]2)n1. The summed E-state index contributed by atoms with van der Waals surface area (Å²) < 4.78 is 5.70. The molecule has 0 unspecified atom stereocenters. The summed E-state index contributed by atoms with van der Waals surface area (Å²) in [5.41, 5.74) is 3.05. The molecule has 4 heteroatoms. The van der Waals surface area contributed by atoms with Gasteiger partial charge in [-0.25, -0.2) is 9.97 Å². The summed E-state index contributed by atoms with van der Waals surface area (Å²) in [6.07, 6.45) is 2.06. The summed E-state index contributed by atoms with van der Waals surface area (Å²) in [6.45, 7) is 2.54. The second-order valence-electron chi connectivity index (χ2n) is 4.71. The molecule has 1 aromatic carbocycles. The minimum Gasteiger partial charge on any atom is -0.469 e. The molecule has 0 saturated heterocycles. The summed E-state index contributed by atoms with van der Waals surface area (Å²) in [7, 11) is 0. The highest BCUT2D eigenvalue weighted by Gasteiger charge is 2.04. The van der Waals surface area contributed by atoms with Crippen molar-refractivity contribution >= 4 is 11.0 Å². The van der Waals surface area contributed by atoms with E-state index in [0.29, 0.717) is 12.5 Å². The third kappa shape index (κ3) is 2.79. The number of ether oxygens (including phenoxy) is 1. The number of aryl methyl sites for hydroxylation is 1. The molecule has 0 bridgehead atoms. The Kier molecular flexibility index (Phi) is 3.63. The second-order valence-corrected chi connectivity index (χ2v) is 4.71. The van der Waals surface area contributed by atoms with Crippen molar-refractivity contribution in [2.24, 2.45) is 0 Å². The summed E-state index contributed by atoms with van der Waals surface area (Å²) >= 11 is 0. The molecule has 1 N–H and O–H groups in total. The quantitative estimate of drug-likeness (QED) is 0.769. The minimum absolute atomic E-state index is 0.400. The van der Waals surface area contributed by atoms with Crippen molar-refractivity contribution < 1.29 is 4.74 Å². The van der Waals surface area contributed by atoms with E-state index in [1.807, 2.05) is 42.5 Å². The maximum atomic E-state index is 5.70. The highest BCUT2D eigenvalue weighted by molar-refractivity contribution is 5.74. The van der Waals surface area contributed by atoms with Crippen molar-refractivity contribution in [2.45, 2.75) is 26.4 Å². The van der Waals surface area contributed by atoms with Gasteiger partial charge in [0.05, 0.1) is 11.0 Å². The Morgan fingerprint density at radius 2 is 1.95 bits per heavy atom. The number of aromatic amines is 1. The Labute approximate surface area is 117 Å². The van der Waals surface area contributed by atoms with E-state index in [1.165, 1.54) is 0 Å². The number of aromatic nitrogens is 3. The van der Waals surface area contributed by atoms with Crippen LogP contribution >= 0.6 is 0 Å². The number of nitrogens with zero attached hydrogens (tertiary/aromatic N) is 2. The molecular formula is C16H17N3O. The number of hydrogen-bond donors (Lipinski definition) is 1. The molecule has 4 nitrogen and oxygen atoms in total. The summed E-state index contributed by atoms with van der Waals surface area (Å²) in [4.78, 5) is 12.2. The fraction of sp³-hybridized carbons (Fsp3) is 0.250. The summed E-state index contributed by atoms with van der Waals surface area (Å²) in [6, 6.07) is 13.8. The number of para-hydroxylation sites is 2. The van der Waals surface area contributed by atoms with Crippen LogP contribution in [0, 0.1) is 0 Å². The number of H-pyrrole nitrogens is 1. The lowest BCUT2D eigenvalue weighted by molar-refractivity contribution is 0.285. The Balaban J connectivity index is 1.71. The predicted octanol–water partition coefficient (Wildman–Crippen LogP) is 3.49. The van der Waals surface area contributed by atoms with Gasteiger partial charge in [0.1, 0.15) is 12.4 Å². The molecule has 0 saturated carbocycles. The van der Waals surface area contributed by atoms with Gasteiger partial charge in [-0.15, -0.1) is 0 Å². The van der Waals surface area contributed by atoms with Crippen molar-refractivity contribution in [1.29, 1.82) is 0 Å². The maximum absolute atomic E-state index is 5.70. The van der Waals surface area contributed by atoms with E-state index >= 15 is 0 Å². The van der Waals surface area contributed by atoms with Gasteiger partial charge in [-0.3, -0.25) is 0 Å². The fourth-order valence-corrected chi connectivity index (χ4v) is 2.15. The second kappa shape index (κ2) is 5.74. The van der Waals surface area contributed by atoms with Crippen LogP contribution < -0.4 is 4.74 Å². The third-order valence-corrected chi connectivity index (χ3v) is 3.08. The van der Waals surface area contributed by atoms with Crippen molar-refractivity contribution in [3.05, 3.63) is 54.0 Å². The number of hydrogen-bond acceptors (Lipinski definition) is 3. The van der Waals surface area contributed by atoms with Gasteiger partial charge in [0.2, 0.25) is 5.88 Å². The number of fused-ring (bicyclic) bond motifs is 1. The van der Waals surface area contributed by atoms with E-state index in [1.54, 1.807) is 0 Å². The molecule has 0 aliphatic heterocycles. The van der Waals surface area contributed by atoms with Crippen molar-refractivity contribution in [1.82, 2.24) is 15.0 Å². The fourth-order valence-electron chi connectivity index (χ4n) is 2.15. The largest absolute Gasteiger partial charge is 0.469 e. The Morgan fingerprint density at radius 1 is 1.05 bits per heavy atom. The zero-order chi connectivity index (χ0) is 13.8. The zero-order valence-electron chi connectivity index (χ0n) is 11.5. The van der Waals surface area contributed by atoms with Crippen LogP contribution in [0.4, 0.5) is 0 Å². The first-order valence-corrected chi connectivity index (χ1v) is 6.87. The van der Waals surface area contributed by atoms with Crippen molar-refractivity contribution in [3.63, 3.8) is 0 Å². The molecule has 3 aromatic rings. The molecule has 3 rings (SSSR count). The van der Waals surface area contributed by atoms with Crippen LogP contribution in [0.2, 0.25) is 0 Å². The van der Waals surface area contributed by atoms with E-state index < -0.39 is 0 Å². The number of nitrogens with one attached hydrogen (secondary N) is 1. The molecule has 0 radical (unpaired) electrons. The van der Waals surface area contributed by atoms with Crippen LogP contribution in [0.25, 0.3) is 11.0 Å². The Bertz CT molecular complexity index is 673. The number of pyridine rings is 1. The summed E-state index contributed by atoms with van der Waals surface area (Å²) in [5, 5.41) is 0. The first-order valence-electron chi connectivity index (χ1n) is 6.87. The van der Waals surface area contributed by atoms with Crippen LogP contribution in [-0.2, 0) is 13.0 Å². The minimum atomic E-state index is 0.400. The number of rotatable bonds is 5. The first kappa shape index (κ1) is 12.7. The molecule has 0 spiro atoms. The molecule has 0 fully saturated rings. The topological polar surface area (TPSA) is 50.8 Å². The smallest absolute Gasteiger partial charge is 0.213 e. The van der Waals surface area contributed by atoms with E-state index in [0.717, 1.165) is 35.4 Å². The van der Waals surface area contributed by atoms with Crippen molar-refractivity contribution in [3.8, 4) is 5.88 Å². The van der Waals surface area contributed by atoms with Crippen LogP contribution in [0.1, 0.15) is 24.9 Å². The molecular weight excluding hydrogens is 250 g/mol. The van der Waals surface area contributed by atoms with Gasteiger partial charge >= 0.3 is 0 Å². The van der Waals surface area contributed by atoms with Gasteiger partial charge in [0, 0.05) is 11.8 Å². The van der Waals surface area contributed by atoms with Crippen LogP contribution in [0.5, 0.6) is 5.88 Å². The normalized spacial score (nSPS) is 10.8. The van der Waals surface area contributed by atoms with E-state index in [9.17, 15) is 0 Å².